The Kier molecular flexibility index (Phi) is 2.68. The lowest BCUT2D eigenvalue weighted by Crippen LogP contribution is -1.98. The summed E-state index contributed by atoms with van der Waals surface area (Å²) in [6.45, 7) is 2.95. The molecule has 1 aromatic carbocycles. The Morgan fingerprint density at radius 1 is 1.29 bits per heavy atom. The summed E-state index contributed by atoms with van der Waals surface area (Å²) < 4.78 is 1.04. The summed E-state index contributed by atoms with van der Waals surface area (Å²) in [6, 6.07) is 10.2. The fourth-order valence-electron chi connectivity index (χ4n) is 1.39. The second-order valence-corrected chi connectivity index (χ2v) is 3.89. The smallest absolute Gasteiger partial charge is 0.126 e. The summed E-state index contributed by atoms with van der Waals surface area (Å²) in [5.74, 6) is 0.923. The number of hydrogen-bond acceptors (Lipinski definition) is 2. The van der Waals surface area contributed by atoms with Crippen LogP contribution in [0, 0.1) is 0 Å². The van der Waals surface area contributed by atoms with E-state index < -0.39 is 0 Å². The van der Waals surface area contributed by atoms with E-state index in [0.29, 0.717) is 0 Å². The van der Waals surface area contributed by atoms with Crippen LogP contribution in [0.15, 0.2) is 34.8 Å². The Bertz CT molecular complexity index is 454. The number of pyridine rings is 1. The molecule has 72 valence electrons. The predicted octanol–water partition coefficient (Wildman–Crippen LogP) is 3.43. The quantitative estimate of drug-likeness (QED) is 0.884. The van der Waals surface area contributed by atoms with Crippen LogP contribution in [-0.2, 0) is 0 Å². The van der Waals surface area contributed by atoms with Crippen LogP contribution >= 0.6 is 15.9 Å². The van der Waals surface area contributed by atoms with Crippen LogP contribution in [-0.4, -0.2) is 11.5 Å². The van der Waals surface area contributed by atoms with E-state index in [1.54, 1.807) is 0 Å². The van der Waals surface area contributed by atoms with E-state index in [4.69, 9.17) is 0 Å². The first-order valence-corrected chi connectivity index (χ1v) is 5.39. The van der Waals surface area contributed by atoms with Crippen molar-refractivity contribution in [2.75, 3.05) is 11.9 Å². The van der Waals surface area contributed by atoms with E-state index in [2.05, 4.69) is 45.3 Å². The lowest BCUT2D eigenvalue weighted by molar-refractivity contribution is 1.17. The molecule has 1 heterocycles. The van der Waals surface area contributed by atoms with Crippen molar-refractivity contribution in [3.63, 3.8) is 0 Å². The largest absolute Gasteiger partial charge is 0.370 e. The van der Waals surface area contributed by atoms with Gasteiger partial charge in [-0.1, -0.05) is 12.1 Å². The minimum absolute atomic E-state index is 0.892. The number of nitrogens with zero attached hydrogens (tertiary/aromatic N) is 1. The van der Waals surface area contributed by atoms with Gasteiger partial charge in [-0.25, -0.2) is 4.98 Å². The Hall–Kier alpha value is -1.09. The van der Waals surface area contributed by atoms with Crippen LogP contribution in [0.25, 0.3) is 10.9 Å². The number of rotatable bonds is 2. The molecule has 2 nitrogen and oxygen atoms in total. The molecule has 0 bridgehead atoms. The van der Waals surface area contributed by atoms with Gasteiger partial charge in [0.15, 0.2) is 0 Å². The fraction of sp³-hybridized carbons (Fsp3) is 0.182. The molecule has 0 unspecified atom stereocenters. The number of nitrogens with one attached hydrogen (secondary N) is 1. The van der Waals surface area contributed by atoms with Crippen molar-refractivity contribution in [2.24, 2.45) is 0 Å². The second kappa shape index (κ2) is 3.96. The van der Waals surface area contributed by atoms with E-state index in [-0.39, 0.29) is 0 Å². The van der Waals surface area contributed by atoms with E-state index >= 15 is 0 Å². The molecule has 0 fully saturated rings. The second-order valence-electron chi connectivity index (χ2n) is 3.04. The summed E-state index contributed by atoms with van der Waals surface area (Å²) in [4.78, 5) is 4.51. The summed E-state index contributed by atoms with van der Waals surface area (Å²) in [6.07, 6.45) is 0. The Morgan fingerprint density at radius 2 is 2.14 bits per heavy atom. The highest BCUT2D eigenvalue weighted by Gasteiger charge is 2.00. The van der Waals surface area contributed by atoms with Gasteiger partial charge in [0.25, 0.3) is 0 Å². The van der Waals surface area contributed by atoms with E-state index in [0.717, 1.165) is 27.7 Å². The van der Waals surface area contributed by atoms with Gasteiger partial charge in [-0.05, 0) is 41.1 Å². The van der Waals surface area contributed by atoms with Gasteiger partial charge in [0, 0.05) is 16.4 Å². The highest BCUT2D eigenvalue weighted by atomic mass is 79.9. The number of anilines is 1. The van der Waals surface area contributed by atoms with Crippen LogP contribution in [0.3, 0.4) is 0 Å². The maximum absolute atomic E-state index is 4.51. The summed E-state index contributed by atoms with van der Waals surface area (Å²) in [5, 5.41) is 4.35. The molecule has 0 spiro atoms. The van der Waals surface area contributed by atoms with E-state index in [1.807, 2.05) is 18.2 Å². The average Bonchev–Trinajstić information content (AvgIpc) is 2.20. The lowest BCUT2D eigenvalue weighted by Gasteiger charge is -2.04. The molecule has 1 N–H and O–H groups in total. The van der Waals surface area contributed by atoms with Crippen molar-refractivity contribution in [3.8, 4) is 0 Å². The van der Waals surface area contributed by atoms with Crippen molar-refractivity contribution >= 4 is 32.7 Å². The van der Waals surface area contributed by atoms with Crippen molar-refractivity contribution < 1.29 is 0 Å². The Morgan fingerprint density at radius 3 is 2.93 bits per heavy atom. The zero-order valence-corrected chi connectivity index (χ0v) is 9.51. The molecule has 0 saturated heterocycles. The number of hydrogen-bond donors (Lipinski definition) is 1. The summed E-state index contributed by atoms with van der Waals surface area (Å²) in [5.41, 5.74) is 1.01. The molecule has 0 saturated carbocycles. The van der Waals surface area contributed by atoms with Gasteiger partial charge in [-0.2, -0.15) is 0 Å². The molecule has 14 heavy (non-hydrogen) atoms. The van der Waals surface area contributed by atoms with E-state index in [9.17, 15) is 0 Å². The van der Waals surface area contributed by atoms with Gasteiger partial charge in [0.2, 0.25) is 0 Å². The predicted molar refractivity (Wildman–Crippen MR) is 63.6 cm³/mol. The van der Waals surface area contributed by atoms with Crippen molar-refractivity contribution in [1.29, 1.82) is 0 Å². The Labute approximate surface area is 91.5 Å². The maximum Gasteiger partial charge on any atom is 0.126 e. The van der Waals surface area contributed by atoms with Gasteiger partial charge in [0.05, 0.1) is 5.52 Å². The number of aromatic nitrogens is 1. The zero-order chi connectivity index (χ0) is 9.97. The fourth-order valence-corrected chi connectivity index (χ4v) is 1.86. The summed E-state index contributed by atoms with van der Waals surface area (Å²) in [7, 11) is 0. The SMILES string of the molecule is CCNc1ccc2cccc(Br)c2n1. The van der Waals surface area contributed by atoms with Crippen LogP contribution in [0.1, 0.15) is 6.92 Å². The summed E-state index contributed by atoms with van der Waals surface area (Å²) >= 11 is 3.49. The normalized spacial score (nSPS) is 10.4. The third-order valence-corrected chi connectivity index (χ3v) is 2.67. The van der Waals surface area contributed by atoms with Gasteiger partial charge < -0.3 is 5.32 Å². The minimum Gasteiger partial charge on any atom is -0.370 e. The van der Waals surface area contributed by atoms with Gasteiger partial charge in [-0.3, -0.25) is 0 Å². The van der Waals surface area contributed by atoms with Crippen LogP contribution in [0.2, 0.25) is 0 Å². The zero-order valence-electron chi connectivity index (χ0n) is 7.92. The molecular weight excluding hydrogens is 240 g/mol. The molecular formula is C11H11BrN2. The topological polar surface area (TPSA) is 24.9 Å². The average molecular weight is 251 g/mol. The molecule has 1 aromatic heterocycles. The molecule has 0 aliphatic heterocycles. The first-order valence-electron chi connectivity index (χ1n) is 4.60. The van der Waals surface area contributed by atoms with Crippen molar-refractivity contribution in [2.45, 2.75) is 6.92 Å². The highest BCUT2D eigenvalue weighted by molar-refractivity contribution is 9.10. The molecule has 0 aliphatic rings. The highest BCUT2D eigenvalue weighted by Crippen LogP contribution is 2.23. The lowest BCUT2D eigenvalue weighted by atomic mass is 10.2. The standard InChI is InChI=1S/C11H11BrN2/c1-2-13-10-7-6-8-4-3-5-9(12)11(8)14-10/h3-7H,2H2,1H3,(H,13,14). The van der Waals surface area contributed by atoms with Gasteiger partial charge in [-0.15, -0.1) is 0 Å². The first-order chi connectivity index (χ1) is 6.81. The first kappa shape index (κ1) is 9.46. The molecule has 2 aromatic rings. The third-order valence-electron chi connectivity index (χ3n) is 2.03. The van der Waals surface area contributed by atoms with Crippen LogP contribution < -0.4 is 5.32 Å². The van der Waals surface area contributed by atoms with Crippen LogP contribution in [0.4, 0.5) is 5.82 Å². The number of benzene rings is 1. The van der Waals surface area contributed by atoms with Crippen molar-refractivity contribution in [3.05, 3.63) is 34.8 Å². The minimum atomic E-state index is 0.892. The van der Waals surface area contributed by atoms with Crippen molar-refractivity contribution in [1.82, 2.24) is 4.98 Å². The van der Waals surface area contributed by atoms with Crippen LogP contribution in [0.5, 0.6) is 0 Å². The maximum atomic E-state index is 4.51. The monoisotopic (exact) mass is 250 g/mol. The van der Waals surface area contributed by atoms with Gasteiger partial charge in [0.1, 0.15) is 5.82 Å². The molecule has 0 atom stereocenters. The third kappa shape index (κ3) is 1.73. The number of fused-ring (bicyclic) bond motifs is 1. The molecule has 0 radical (unpaired) electrons. The number of halogens is 1. The molecule has 0 aliphatic carbocycles. The molecule has 0 amide bonds. The Balaban J connectivity index is 2.58. The number of para-hydroxylation sites is 1. The van der Waals surface area contributed by atoms with E-state index in [1.165, 1.54) is 0 Å². The molecule has 2 rings (SSSR count). The molecule has 3 heteroatoms. The van der Waals surface area contributed by atoms with Gasteiger partial charge >= 0.3 is 0 Å².